The second-order valence-corrected chi connectivity index (χ2v) is 8.92. The maximum atomic E-state index is 12.4. The highest BCUT2D eigenvalue weighted by Gasteiger charge is 2.33. The number of carbonyl (C=O) groups is 1. The van der Waals surface area contributed by atoms with Gasteiger partial charge in [-0.05, 0) is 69.6 Å². The van der Waals surface area contributed by atoms with E-state index in [1.54, 1.807) is 0 Å². The maximum Gasteiger partial charge on any atom is 0.309 e. The number of unbranched alkanes of at least 4 members (excludes halogenated alkanes) is 2. The van der Waals surface area contributed by atoms with Crippen LogP contribution in [0.5, 0.6) is 0 Å². The molecule has 146 valence electrons. The monoisotopic (exact) mass is 350 g/mol. The van der Waals surface area contributed by atoms with Crippen molar-refractivity contribution < 1.29 is 9.53 Å². The number of ether oxygens (including phenoxy) is 1. The predicted molar refractivity (Wildman–Crippen MR) is 106 cm³/mol. The fourth-order valence-corrected chi connectivity index (χ4v) is 5.11. The van der Waals surface area contributed by atoms with Gasteiger partial charge in [0, 0.05) is 0 Å². The smallest absolute Gasteiger partial charge is 0.309 e. The summed E-state index contributed by atoms with van der Waals surface area (Å²) in [5, 5.41) is 0. The summed E-state index contributed by atoms with van der Waals surface area (Å²) in [7, 11) is 0. The van der Waals surface area contributed by atoms with Crippen molar-refractivity contribution >= 4 is 5.97 Å². The molecule has 0 N–H and O–H groups in total. The number of hydrogen-bond acceptors (Lipinski definition) is 2. The van der Waals surface area contributed by atoms with Crippen LogP contribution in [0.2, 0.25) is 0 Å². The molecule has 0 aliphatic heterocycles. The van der Waals surface area contributed by atoms with E-state index in [1.165, 1.54) is 64.2 Å². The van der Waals surface area contributed by atoms with Crippen LogP contribution in [0, 0.1) is 23.7 Å². The summed E-state index contributed by atoms with van der Waals surface area (Å²) in [6.45, 7) is 6.54. The molecule has 2 aliphatic rings. The Kier molecular flexibility index (Phi) is 9.34. The normalized spacial score (nSPS) is 31.5. The molecule has 2 heteroatoms. The average molecular weight is 351 g/mol. The van der Waals surface area contributed by atoms with Gasteiger partial charge < -0.3 is 4.74 Å². The third kappa shape index (κ3) is 6.94. The molecule has 0 aromatic carbocycles. The Morgan fingerprint density at radius 3 is 2.00 bits per heavy atom. The van der Waals surface area contributed by atoms with Gasteiger partial charge >= 0.3 is 5.97 Å². The SMILES string of the molecule is CCCCC1CCC(C2CCC(C(=O)OC(C)CCCC)CC2)CC1. The third-order valence-electron chi connectivity index (χ3n) is 6.91. The summed E-state index contributed by atoms with van der Waals surface area (Å²) in [6.07, 6.45) is 18.1. The van der Waals surface area contributed by atoms with Crippen LogP contribution in [0.15, 0.2) is 0 Å². The molecule has 0 aromatic rings. The number of carbonyl (C=O) groups excluding carboxylic acids is 1. The van der Waals surface area contributed by atoms with E-state index in [9.17, 15) is 4.79 Å². The fourth-order valence-electron chi connectivity index (χ4n) is 5.11. The molecule has 2 fully saturated rings. The van der Waals surface area contributed by atoms with Crippen molar-refractivity contribution in [2.45, 2.75) is 117 Å². The summed E-state index contributed by atoms with van der Waals surface area (Å²) < 4.78 is 5.69. The van der Waals surface area contributed by atoms with Crippen LogP contribution >= 0.6 is 0 Å². The first-order valence-electron chi connectivity index (χ1n) is 11.3. The van der Waals surface area contributed by atoms with Crippen molar-refractivity contribution in [3.63, 3.8) is 0 Å². The molecule has 0 radical (unpaired) electrons. The molecule has 2 nitrogen and oxygen atoms in total. The van der Waals surface area contributed by atoms with Crippen molar-refractivity contribution in [3.8, 4) is 0 Å². The molecule has 0 aromatic heterocycles. The molecule has 1 unspecified atom stereocenters. The Hall–Kier alpha value is -0.530. The zero-order valence-electron chi connectivity index (χ0n) is 17.1. The largest absolute Gasteiger partial charge is 0.462 e. The van der Waals surface area contributed by atoms with E-state index in [4.69, 9.17) is 4.74 Å². The van der Waals surface area contributed by atoms with Crippen LogP contribution in [0.1, 0.15) is 111 Å². The van der Waals surface area contributed by atoms with Gasteiger partial charge in [0.05, 0.1) is 12.0 Å². The Morgan fingerprint density at radius 2 is 1.44 bits per heavy atom. The molecule has 0 spiro atoms. The van der Waals surface area contributed by atoms with Crippen LogP contribution in [0.3, 0.4) is 0 Å². The van der Waals surface area contributed by atoms with E-state index in [1.807, 2.05) is 0 Å². The second-order valence-electron chi connectivity index (χ2n) is 8.92. The Labute approximate surface area is 156 Å². The van der Waals surface area contributed by atoms with E-state index in [-0.39, 0.29) is 18.0 Å². The predicted octanol–water partition coefficient (Wildman–Crippen LogP) is 6.91. The lowest BCUT2D eigenvalue weighted by atomic mass is 9.68. The quantitative estimate of drug-likeness (QED) is 0.422. The van der Waals surface area contributed by atoms with Gasteiger partial charge in [0.1, 0.15) is 0 Å². The lowest BCUT2D eigenvalue weighted by molar-refractivity contribution is -0.155. The highest BCUT2D eigenvalue weighted by molar-refractivity contribution is 5.72. The molecule has 0 bridgehead atoms. The fraction of sp³-hybridized carbons (Fsp3) is 0.957. The van der Waals surface area contributed by atoms with Crippen molar-refractivity contribution in [2.75, 3.05) is 0 Å². The number of rotatable bonds is 9. The van der Waals surface area contributed by atoms with Crippen LogP contribution in [-0.2, 0) is 9.53 Å². The lowest BCUT2D eigenvalue weighted by Crippen LogP contribution is -2.30. The Bertz CT molecular complexity index is 362. The van der Waals surface area contributed by atoms with Gasteiger partial charge in [0.2, 0.25) is 0 Å². The van der Waals surface area contributed by atoms with Gasteiger partial charge in [0.25, 0.3) is 0 Å². The Morgan fingerprint density at radius 1 is 0.880 bits per heavy atom. The van der Waals surface area contributed by atoms with Crippen LogP contribution in [-0.4, -0.2) is 12.1 Å². The first-order chi connectivity index (χ1) is 12.1. The van der Waals surface area contributed by atoms with E-state index in [0.717, 1.165) is 43.4 Å². The Balaban J connectivity index is 1.65. The van der Waals surface area contributed by atoms with Crippen molar-refractivity contribution in [3.05, 3.63) is 0 Å². The third-order valence-corrected chi connectivity index (χ3v) is 6.91. The van der Waals surface area contributed by atoms with Crippen molar-refractivity contribution in [1.29, 1.82) is 0 Å². The van der Waals surface area contributed by atoms with Crippen molar-refractivity contribution in [1.82, 2.24) is 0 Å². The lowest BCUT2D eigenvalue weighted by Gasteiger charge is -2.37. The summed E-state index contributed by atoms with van der Waals surface area (Å²) in [5.41, 5.74) is 0. The second kappa shape index (κ2) is 11.2. The van der Waals surface area contributed by atoms with Gasteiger partial charge in [-0.2, -0.15) is 0 Å². The highest BCUT2D eigenvalue weighted by atomic mass is 16.5. The summed E-state index contributed by atoms with van der Waals surface area (Å²) in [4.78, 5) is 12.4. The molecule has 2 aliphatic carbocycles. The average Bonchev–Trinajstić information content (AvgIpc) is 2.65. The van der Waals surface area contributed by atoms with Crippen LogP contribution in [0.25, 0.3) is 0 Å². The molecule has 1 atom stereocenters. The van der Waals surface area contributed by atoms with E-state index >= 15 is 0 Å². The van der Waals surface area contributed by atoms with E-state index in [0.29, 0.717) is 0 Å². The molecule has 0 amide bonds. The standard InChI is InChI=1S/C23H42O2/c1-4-6-8-18(3)25-23(24)22-16-14-21(15-17-22)20-12-10-19(11-13-20)9-7-5-2/h18-22H,4-17H2,1-3H3. The minimum Gasteiger partial charge on any atom is -0.462 e. The van der Waals surface area contributed by atoms with E-state index < -0.39 is 0 Å². The van der Waals surface area contributed by atoms with Crippen molar-refractivity contribution in [2.24, 2.45) is 23.7 Å². The van der Waals surface area contributed by atoms with E-state index in [2.05, 4.69) is 20.8 Å². The zero-order valence-corrected chi connectivity index (χ0v) is 17.1. The van der Waals surface area contributed by atoms with Crippen LogP contribution in [0.4, 0.5) is 0 Å². The summed E-state index contributed by atoms with van der Waals surface area (Å²) >= 11 is 0. The first kappa shape index (κ1) is 20.8. The maximum absolute atomic E-state index is 12.4. The minimum absolute atomic E-state index is 0.0883. The van der Waals surface area contributed by atoms with Gasteiger partial charge in [-0.15, -0.1) is 0 Å². The molecular formula is C23H42O2. The molecular weight excluding hydrogens is 308 g/mol. The molecule has 2 rings (SSSR count). The van der Waals surface area contributed by atoms with Gasteiger partial charge in [-0.25, -0.2) is 0 Å². The van der Waals surface area contributed by atoms with Crippen LogP contribution < -0.4 is 0 Å². The number of esters is 1. The topological polar surface area (TPSA) is 26.3 Å². The zero-order chi connectivity index (χ0) is 18.1. The summed E-state index contributed by atoms with van der Waals surface area (Å²) in [5.74, 6) is 3.10. The van der Waals surface area contributed by atoms with Gasteiger partial charge in [-0.3, -0.25) is 4.79 Å². The molecule has 2 saturated carbocycles. The first-order valence-corrected chi connectivity index (χ1v) is 11.3. The number of hydrogen-bond donors (Lipinski definition) is 0. The molecule has 0 saturated heterocycles. The summed E-state index contributed by atoms with van der Waals surface area (Å²) in [6, 6.07) is 0. The molecule has 0 heterocycles. The van der Waals surface area contributed by atoms with Gasteiger partial charge in [-0.1, -0.05) is 58.8 Å². The molecule has 25 heavy (non-hydrogen) atoms. The minimum atomic E-state index is 0.0883. The highest BCUT2D eigenvalue weighted by Crippen LogP contribution is 2.42. The van der Waals surface area contributed by atoms with Gasteiger partial charge in [0.15, 0.2) is 0 Å².